The standard InChI is InChI=1S/C12H17NO2Se.Li/c1-4-13(5-2)12(14)11-9(15-3)7-6-8-10(11)16;/h6-8,16H,4-5H2,1-3H3;/q;+1/p-1. The van der Waals surface area contributed by atoms with Crippen LogP contribution in [0.5, 0.6) is 5.75 Å². The summed E-state index contributed by atoms with van der Waals surface area (Å²) in [7, 11) is 1.61. The third-order valence-electron chi connectivity index (χ3n) is 2.69. The van der Waals surface area contributed by atoms with E-state index >= 15 is 0 Å². The predicted octanol–water partition coefficient (Wildman–Crippen LogP) is 0.590. The molecule has 0 aliphatic carbocycles. The first-order chi connectivity index (χ1) is 8.19. The van der Waals surface area contributed by atoms with Crippen LogP contribution in [-0.2, 0) is 0 Å². The maximum absolute atomic E-state index is 12.4. The molecule has 1 amide bonds. The van der Waals surface area contributed by atoms with Gasteiger partial charge < -0.3 is 0 Å². The van der Waals surface area contributed by atoms with E-state index in [1.54, 1.807) is 7.11 Å². The topological polar surface area (TPSA) is 29.5 Å². The monoisotopic (exact) mass is 293 g/mol. The molecule has 0 aliphatic heterocycles. The van der Waals surface area contributed by atoms with Crippen LogP contribution in [0, 0.1) is 0 Å². The first-order valence-corrected chi connectivity index (χ1v) is 8.26. The number of hydrogen-bond donors (Lipinski definition) is 0. The number of benzene rings is 1. The van der Waals surface area contributed by atoms with Crippen molar-refractivity contribution in [3.05, 3.63) is 23.8 Å². The van der Waals surface area contributed by atoms with Crippen LogP contribution in [0.3, 0.4) is 0 Å². The van der Waals surface area contributed by atoms with Gasteiger partial charge in [0.25, 0.3) is 0 Å². The van der Waals surface area contributed by atoms with Gasteiger partial charge in [-0.25, -0.2) is 0 Å². The molecule has 0 fully saturated rings. The fourth-order valence-electron chi connectivity index (χ4n) is 1.73. The van der Waals surface area contributed by atoms with E-state index in [1.807, 2.05) is 36.9 Å². The van der Waals surface area contributed by atoms with E-state index in [-0.39, 0.29) is 18.7 Å². The average Bonchev–Trinajstić information content (AvgIpc) is 2.38. The fourth-order valence-corrected chi connectivity index (χ4v) is 3.00. The summed E-state index contributed by atoms with van der Waals surface area (Å²) in [5.74, 6) is 0.759. The van der Waals surface area contributed by atoms with Gasteiger partial charge in [0.15, 0.2) is 0 Å². The van der Waals surface area contributed by atoms with Crippen molar-refractivity contribution in [2.75, 3.05) is 20.2 Å². The Balaban J connectivity index is 3.22. The molecular weight excluding hydrogens is 276 g/mol. The summed E-state index contributed by atoms with van der Waals surface area (Å²) >= 11 is 2.40. The van der Waals surface area contributed by atoms with Crippen molar-refractivity contribution in [2.45, 2.75) is 13.8 Å². The summed E-state index contributed by atoms with van der Waals surface area (Å²) in [4.78, 5) is 14.2. The molecule has 0 spiro atoms. The number of hydrogen-bond acceptors (Lipinski definition) is 2. The first kappa shape index (κ1) is 14.7. The Morgan fingerprint density at radius 1 is 1.41 bits per heavy atom. The van der Waals surface area contributed by atoms with E-state index in [4.69, 9.17) is 4.74 Å². The minimum absolute atomic E-state index is 0.0752. The Morgan fingerprint density at radius 2 is 2.06 bits per heavy atom. The molecule has 17 heavy (non-hydrogen) atoms. The van der Waals surface area contributed by atoms with Crippen LogP contribution >= 0.6 is 0 Å². The molecule has 5 heteroatoms. The van der Waals surface area contributed by atoms with Crippen molar-refractivity contribution in [2.24, 2.45) is 0 Å². The van der Waals surface area contributed by atoms with Gasteiger partial charge in [-0.2, -0.15) is 0 Å². The zero-order valence-corrected chi connectivity index (χ0v) is 12.5. The van der Waals surface area contributed by atoms with Gasteiger partial charge in [-0.1, -0.05) is 0 Å². The number of amides is 1. The number of rotatable bonds is 5. The van der Waals surface area contributed by atoms with Gasteiger partial charge in [0, 0.05) is 0 Å². The van der Waals surface area contributed by atoms with E-state index in [1.165, 1.54) is 0 Å². The molecule has 1 rings (SSSR count). The van der Waals surface area contributed by atoms with Gasteiger partial charge in [-0.15, -0.1) is 0 Å². The quantitative estimate of drug-likeness (QED) is 0.743. The Morgan fingerprint density at radius 3 is 2.53 bits per heavy atom. The number of carbonyl (C=O) groups excluding carboxylic acids is 1. The van der Waals surface area contributed by atoms with Gasteiger partial charge >= 0.3 is 117 Å². The van der Waals surface area contributed by atoms with Crippen molar-refractivity contribution in [1.82, 2.24) is 4.90 Å². The summed E-state index contributed by atoms with van der Waals surface area (Å²) in [6, 6.07) is 5.81. The molecule has 0 saturated carbocycles. The Kier molecular flexibility index (Phi) is 6.15. The van der Waals surface area contributed by atoms with E-state index in [0.29, 0.717) is 5.75 Å². The zero-order chi connectivity index (χ0) is 12.8. The van der Waals surface area contributed by atoms with Crippen LogP contribution in [0.1, 0.15) is 24.2 Å². The molecule has 0 saturated heterocycles. The molecule has 88 valence electrons. The van der Waals surface area contributed by atoms with Crippen LogP contribution in [0.4, 0.5) is 0 Å². The second-order valence-corrected chi connectivity index (χ2v) is 5.29. The summed E-state index contributed by atoms with van der Waals surface area (Å²) in [6.07, 6.45) is 0. The molecule has 0 aromatic heterocycles. The second-order valence-electron chi connectivity index (χ2n) is 3.51. The second kappa shape index (κ2) is 7.13. The van der Waals surface area contributed by atoms with E-state index in [0.717, 1.165) is 23.1 Å². The Labute approximate surface area is 117 Å². The van der Waals surface area contributed by atoms with Crippen LogP contribution in [-0.4, -0.2) is 59.6 Å². The SMILES string of the molecule is [Li][Se]c1cccc(OC)c1C(=O)N(CC)CC. The van der Waals surface area contributed by atoms with Gasteiger partial charge in [0.1, 0.15) is 0 Å². The summed E-state index contributed by atoms with van der Waals surface area (Å²) in [5.41, 5.74) is 0.737. The van der Waals surface area contributed by atoms with Crippen molar-refractivity contribution in [3.8, 4) is 5.75 Å². The van der Waals surface area contributed by atoms with Crippen LogP contribution < -0.4 is 9.20 Å². The molecule has 1 aromatic carbocycles. The molecular formula is C12H16LiNO2Se. The molecule has 0 radical (unpaired) electrons. The first-order valence-electron chi connectivity index (χ1n) is 5.69. The minimum atomic E-state index is 0.0752. The maximum atomic E-state index is 12.4. The number of carbonyl (C=O) groups is 1. The van der Waals surface area contributed by atoms with Crippen molar-refractivity contribution < 1.29 is 9.53 Å². The third-order valence-corrected chi connectivity index (χ3v) is 4.33. The molecule has 1 aromatic rings. The summed E-state index contributed by atoms with van der Waals surface area (Å²) in [5, 5.41) is 0. The van der Waals surface area contributed by atoms with Gasteiger partial charge in [0.2, 0.25) is 0 Å². The van der Waals surface area contributed by atoms with E-state index in [2.05, 4.69) is 15.8 Å². The Bertz CT molecular complexity index is 372. The van der Waals surface area contributed by atoms with Gasteiger partial charge in [-0.05, 0) is 0 Å². The van der Waals surface area contributed by atoms with Gasteiger partial charge in [0.05, 0.1) is 0 Å². The molecule has 0 bridgehead atoms. The normalized spacial score (nSPS) is 10.2. The van der Waals surface area contributed by atoms with Gasteiger partial charge in [-0.3, -0.25) is 0 Å². The molecule has 0 heterocycles. The summed E-state index contributed by atoms with van der Waals surface area (Å²) in [6.45, 7) is 5.44. The third kappa shape index (κ3) is 3.30. The molecule has 0 aliphatic rings. The molecule has 0 unspecified atom stereocenters. The van der Waals surface area contributed by atoms with E-state index in [9.17, 15) is 4.79 Å². The number of methoxy groups -OCH3 is 1. The van der Waals surface area contributed by atoms with Crippen LogP contribution in [0.15, 0.2) is 18.2 Å². The van der Waals surface area contributed by atoms with Crippen molar-refractivity contribution in [1.29, 1.82) is 0 Å². The van der Waals surface area contributed by atoms with Crippen LogP contribution in [0.2, 0.25) is 0 Å². The number of ether oxygens (including phenoxy) is 1. The Hall–Kier alpha value is -0.393. The summed E-state index contributed by atoms with van der Waals surface area (Å²) < 4.78 is 6.42. The number of nitrogens with zero attached hydrogens (tertiary/aromatic N) is 1. The van der Waals surface area contributed by atoms with Crippen LogP contribution in [0.25, 0.3) is 0 Å². The predicted molar refractivity (Wildman–Crippen MR) is 71.4 cm³/mol. The van der Waals surface area contributed by atoms with Crippen molar-refractivity contribution >= 4 is 38.9 Å². The molecule has 3 nitrogen and oxygen atoms in total. The van der Waals surface area contributed by atoms with Crippen molar-refractivity contribution in [3.63, 3.8) is 0 Å². The molecule has 0 atom stereocenters. The fraction of sp³-hybridized carbons (Fsp3) is 0.417. The zero-order valence-electron chi connectivity index (χ0n) is 10.8. The average molecular weight is 292 g/mol. The molecule has 0 N–H and O–H groups in total. The van der Waals surface area contributed by atoms with E-state index < -0.39 is 0 Å².